The van der Waals surface area contributed by atoms with Crippen LogP contribution in [0.5, 0.6) is 0 Å². The lowest BCUT2D eigenvalue weighted by molar-refractivity contribution is -0.155. The first kappa shape index (κ1) is 57.6. The van der Waals surface area contributed by atoms with Crippen LogP contribution in [0.25, 0.3) is 0 Å². The monoisotopic (exact) mass is 833 g/mol. The minimum atomic E-state index is -0.392. The second-order valence-electron chi connectivity index (χ2n) is 18.1. The number of esters is 2. The number of ether oxygens (including phenoxy) is 3. The molecule has 5 nitrogen and oxygen atoms in total. The molecule has 0 aliphatic carbocycles. The molecule has 0 saturated heterocycles. The van der Waals surface area contributed by atoms with Gasteiger partial charge in [-0.15, -0.1) is 0 Å². The number of carbonyl (C=O) groups excluding carboxylic acids is 2. The molecule has 0 bridgehead atoms. The number of carbonyl (C=O) groups is 2. The van der Waals surface area contributed by atoms with Crippen molar-refractivity contribution < 1.29 is 23.8 Å². The lowest BCUT2D eigenvalue weighted by Crippen LogP contribution is -2.29. The number of unbranched alkanes of at least 4 members (excludes halogenated alkanes) is 37. The van der Waals surface area contributed by atoms with Crippen molar-refractivity contribution in [2.24, 2.45) is 0 Å². The third-order valence-corrected chi connectivity index (χ3v) is 12.1. The number of allylic oxidation sites excluding steroid dienone is 2. The zero-order chi connectivity index (χ0) is 42.8. The molecule has 0 aliphatic heterocycles. The fourth-order valence-electron chi connectivity index (χ4n) is 8.01. The van der Waals surface area contributed by atoms with Crippen LogP contribution in [0.1, 0.15) is 297 Å². The molecule has 0 amide bonds. The number of rotatable bonds is 50. The molecule has 1 atom stereocenters. The highest BCUT2D eigenvalue weighted by atomic mass is 16.6. The lowest BCUT2D eigenvalue weighted by Gasteiger charge is -2.18. The summed E-state index contributed by atoms with van der Waals surface area (Å²) in [6.07, 6.45) is 58.1. The van der Waals surface area contributed by atoms with Crippen LogP contribution >= 0.6 is 0 Å². The molecule has 0 rings (SSSR count). The molecule has 0 saturated carbocycles. The van der Waals surface area contributed by atoms with Crippen LogP contribution in [0.4, 0.5) is 0 Å². The average molecular weight is 833 g/mol. The van der Waals surface area contributed by atoms with Crippen molar-refractivity contribution in [1.82, 2.24) is 0 Å². The summed E-state index contributed by atoms with van der Waals surface area (Å²) >= 11 is 0. The van der Waals surface area contributed by atoms with Gasteiger partial charge in [0, 0.05) is 19.4 Å². The van der Waals surface area contributed by atoms with Gasteiger partial charge in [-0.1, -0.05) is 251 Å². The van der Waals surface area contributed by atoms with Gasteiger partial charge in [-0.05, 0) is 44.9 Å². The summed E-state index contributed by atoms with van der Waals surface area (Å²) in [5.41, 5.74) is 0. The SMILES string of the molecule is CCCCCC/C=C\CCCCCCCCCC(=O)OC[C@H](COC(=O)CCCCCCCCCCCCCC)OCCCCCCCCCCCCCCCCCC. The van der Waals surface area contributed by atoms with Gasteiger partial charge < -0.3 is 14.2 Å². The highest BCUT2D eigenvalue weighted by Crippen LogP contribution is 2.16. The van der Waals surface area contributed by atoms with Crippen LogP contribution in [-0.4, -0.2) is 37.9 Å². The first-order chi connectivity index (χ1) is 29.1. The Labute approximate surface area is 369 Å². The molecule has 0 N–H and O–H groups in total. The van der Waals surface area contributed by atoms with E-state index in [1.807, 2.05) is 0 Å². The molecular weight excluding hydrogens is 729 g/mol. The van der Waals surface area contributed by atoms with E-state index in [1.54, 1.807) is 0 Å². The Morgan fingerprint density at radius 3 is 0.915 bits per heavy atom. The Bertz CT molecular complexity index is 856. The molecular formula is C54H104O5. The van der Waals surface area contributed by atoms with E-state index in [-0.39, 0.29) is 25.2 Å². The number of hydrogen-bond acceptors (Lipinski definition) is 5. The van der Waals surface area contributed by atoms with Gasteiger partial charge in [0.2, 0.25) is 0 Å². The molecule has 0 spiro atoms. The Hall–Kier alpha value is -1.36. The van der Waals surface area contributed by atoms with Crippen molar-refractivity contribution in [2.75, 3.05) is 19.8 Å². The van der Waals surface area contributed by atoms with E-state index in [0.717, 1.165) is 38.5 Å². The van der Waals surface area contributed by atoms with Gasteiger partial charge in [-0.2, -0.15) is 0 Å². The fraction of sp³-hybridized carbons (Fsp3) is 0.926. The predicted molar refractivity (Wildman–Crippen MR) is 256 cm³/mol. The van der Waals surface area contributed by atoms with Gasteiger partial charge in [0.1, 0.15) is 19.3 Å². The van der Waals surface area contributed by atoms with Crippen molar-refractivity contribution in [3.63, 3.8) is 0 Å². The van der Waals surface area contributed by atoms with Gasteiger partial charge in [0.15, 0.2) is 0 Å². The molecule has 350 valence electrons. The van der Waals surface area contributed by atoms with E-state index in [1.165, 1.54) is 225 Å². The van der Waals surface area contributed by atoms with Crippen LogP contribution in [0, 0.1) is 0 Å². The van der Waals surface area contributed by atoms with Gasteiger partial charge in [0.05, 0.1) is 0 Å². The van der Waals surface area contributed by atoms with Crippen molar-refractivity contribution in [1.29, 1.82) is 0 Å². The van der Waals surface area contributed by atoms with E-state index < -0.39 is 6.10 Å². The van der Waals surface area contributed by atoms with E-state index in [2.05, 4.69) is 32.9 Å². The van der Waals surface area contributed by atoms with Gasteiger partial charge >= 0.3 is 11.9 Å². The molecule has 0 heterocycles. The Morgan fingerprint density at radius 2 is 0.593 bits per heavy atom. The first-order valence-corrected chi connectivity index (χ1v) is 26.7. The molecule has 0 fully saturated rings. The Morgan fingerprint density at radius 1 is 0.339 bits per heavy atom. The van der Waals surface area contributed by atoms with Crippen LogP contribution in [0.2, 0.25) is 0 Å². The second-order valence-corrected chi connectivity index (χ2v) is 18.1. The van der Waals surface area contributed by atoms with E-state index >= 15 is 0 Å². The normalized spacial score (nSPS) is 12.1. The summed E-state index contributed by atoms with van der Waals surface area (Å²) in [7, 11) is 0. The smallest absolute Gasteiger partial charge is 0.305 e. The van der Waals surface area contributed by atoms with Gasteiger partial charge in [-0.25, -0.2) is 0 Å². The van der Waals surface area contributed by atoms with E-state index in [9.17, 15) is 9.59 Å². The maximum Gasteiger partial charge on any atom is 0.305 e. The highest BCUT2D eigenvalue weighted by Gasteiger charge is 2.16. The van der Waals surface area contributed by atoms with Crippen molar-refractivity contribution in [2.45, 2.75) is 303 Å². The first-order valence-electron chi connectivity index (χ1n) is 26.7. The van der Waals surface area contributed by atoms with Gasteiger partial charge in [0.25, 0.3) is 0 Å². The molecule has 0 radical (unpaired) electrons. The molecule has 0 aromatic rings. The van der Waals surface area contributed by atoms with E-state index in [4.69, 9.17) is 14.2 Å². The predicted octanol–water partition coefficient (Wildman–Crippen LogP) is 17.8. The molecule has 0 unspecified atom stereocenters. The molecule has 5 heteroatoms. The fourth-order valence-corrected chi connectivity index (χ4v) is 8.01. The quantitative estimate of drug-likeness (QED) is 0.0347. The summed E-state index contributed by atoms with van der Waals surface area (Å²) in [6.45, 7) is 7.77. The highest BCUT2D eigenvalue weighted by molar-refractivity contribution is 5.69. The topological polar surface area (TPSA) is 61.8 Å². The van der Waals surface area contributed by atoms with Gasteiger partial charge in [-0.3, -0.25) is 9.59 Å². The van der Waals surface area contributed by atoms with E-state index in [0.29, 0.717) is 19.4 Å². The summed E-state index contributed by atoms with van der Waals surface area (Å²) in [4.78, 5) is 25.2. The minimum Gasteiger partial charge on any atom is -0.463 e. The largest absolute Gasteiger partial charge is 0.463 e. The van der Waals surface area contributed by atoms with Crippen LogP contribution in [0.3, 0.4) is 0 Å². The van der Waals surface area contributed by atoms with Crippen LogP contribution in [0.15, 0.2) is 12.2 Å². The average Bonchev–Trinajstić information content (AvgIpc) is 3.24. The van der Waals surface area contributed by atoms with Crippen LogP contribution in [-0.2, 0) is 23.8 Å². The standard InChI is InChI=1S/C54H104O5/c1-4-7-10-13-16-19-22-25-27-29-31-34-37-40-43-46-49-57-52(50-58-53(55)47-44-41-38-35-32-24-21-18-15-12-9-6-3)51-59-54(56)48-45-42-39-36-33-30-28-26-23-20-17-14-11-8-5-2/h20,23,52H,4-19,21-22,24-51H2,1-3H3/b23-20-/t52-/m0/s1. The number of hydrogen-bond donors (Lipinski definition) is 0. The van der Waals surface area contributed by atoms with Crippen molar-refractivity contribution in [3.05, 3.63) is 12.2 Å². The second kappa shape index (κ2) is 51.0. The molecule has 0 aromatic heterocycles. The summed E-state index contributed by atoms with van der Waals surface area (Å²) < 4.78 is 17.5. The molecule has 0 aromatic carbocycles. The zero-order valence-electron chi connectivity index (χ0n) is 40.3. The summed E-state index contributed by atoms with van der Waals surface area (Å²) in [5.74, 6) is -0.320. The summed E-state index contributed by atoms with van der Waals surface area (Å²) in [6, 6.07) is 0. The molecule has 0 aliphatic rings. The van der Waals surface area contributed by atoms with Crippen molar-refractivity contribution >= 4 is 11.9 Å². The third-order valence-electron chi connectivity index (χ3n) is 12.1. The Kier molecular flexibility index (Phi) is 49.8. The maximum absolute atomic E-state index is 12.6. The summed E-state index contributed by atoms with van der Waals surface area (Å²) in [5, 5.41) is 0. The zero-order valence-corrected chi connectivity index (χ0v) is 40.3. The lowest BCUT2D eigenvalue weighted by atomic mass is 10.0. The molecule has 59 heavy (non-hydrogen) atoms. The third kappa shape index (κ3) is 49.2. The van der Waals surface area contributed by atoms with Crippen molar-refractivity contribution in [3.8, 4) is 0 Å². The maximum atomic E-state index is 12.6. The Balaban J connectivity index is 4.20. The minimum absolute atomic E-state index is 0.159. The van der Waals surface area contributed by atoms with Crippen LogP contribution < -0.4 is 0 Å².